The summed E-state index contributed by atoms with van der Waals surface area (Å²) in [4.78, 5) is 1.28. The number of hydrogen-bond acceptors (Lipinski definition) is 1. The average Bonchev–Trinajstić information content (AvgIpc) is 3.24. The Morgan fingerprint density at radius 3 is 1.97 bits per heavy atom. The van der Waals surface area contributed by atoms with E-state index in [2.05, 4.69) is 120 Å². The highest BCUT2D eigenvalue weighted by molar-refractivity contribution is 7.98. The van der Waals surface area contributed by atoms with Crippen LogP contribution in [0.5, 0.6) is 0 Å². The van der Waals surface area contributed by atoms with Crippen molar-refractivity contribution < 1.29 is 0 Å². The number of aromatic nitrogens is 1. The van der Waals surface area contributed by atoms with Gasteiger partial charge in [0, 0.05) is 32.1 Å². The largest absolute Gasteiger partial charge is 0.309 e. The molecular formula is C31H21NS. The molecule has 0 N–H and O–H groups in total. The molecule has 33 heavy (non-hydrogen) atoms. The average molecular weight is 440 g/mol. The Morgan fingerprint density at radius 2 is 1.18 bits per heavy atom. The Kier molecular flexibility index (Phi) is 4.06. The smallest absolute Gasteiger partial charge is 0.0626 e. The fraction of sp³-hybridized carbons (Fsp3) is 0.0323. The molecule has 7 aromatic rings. The van der Waals surface area contributed by atoms with Gasteiger partial charge < -0.3 is 4.57 Å². The van der Waals surface area contributed by atoms with E-state index < -0.39 is 0 Å². The third-order valence-electron chi connectivity index (χ3n) is 6.86. The van der Waals surface area contributed by atoms with E-state index >= 15 is 0 Å². The van der Waals surface area contributed by atoms with Crippen molar-refractivity contribution in [1.82, 2.24) is 4.57 Å². The van der Waals surface area contributed by atoms with Gasteiger partial charge in [0.05, 0.1) is 11.0 Å². The number of benzene rings is 6. The maximum Gasteiger partial charge on any atom is 0.0626 e. The van der Waals surface area contributed by atoms with Gasteiger partial charge >= 0.3 is 0 Å². The molecule has 7 rings (SSSR count). The summed E-state index contributed by atoms with van der Waals surface area (Å²) in [5.41, 5.74) is 3.73. The van der Waals surface area contributed by atoms with Crippen LogP contribution < -0.4 is 0 Å². The molecule has 0 saturated heterocycles. The van der Waals surface area contributed by atoms with E-state index in [1.165, 1.54) is 64.7 Å². The van der Waals surface area contributed by atoms with Crippen LogP contribution in [-0.4, -0.2) is 10.8 Å². The molecule has 0 radical (unpaired) electrons. The van der Waals surface area contributed by atoms with E-state index in [0.717, 1.165) is 0 Å². The Hall–Kier alpha value is -3.75. The topological polar surface area (TPSA) is 4.93 Å². The van der Waals surface area contributed by atoms with Crippen LogP contribution in [0.3, 0.4) is 0 Å². The van der Waals surface area contributed by atoms with Crippen molar-refractivity contribution in [3.63, 3.8) is 0 Å². The molecule has 0 saturated carbocycles. The Morgan fingerprint density at radius 1 is 0.515 bits per heavy atom. The van der Waals surface area contributed by atoms with E-state index in [4.69, 9.17) is 0 Å². The zero-order valence-corrected chi connectivity index (χ0v) is 19.1. The fourth-order valence-corrected chi connectivity index (χ4v) is 5.85. The lowest BCUT2D eigenvalue weighted by Crippen LogP contribution is -1.95. The van der Waals surface area contributed by atoms with Gasteiger partial charge in [0.2, 0.25) is 0 Å². The summed E-state index contributed by atoms with van der Waals surface area (Å²) in [5, 5.41) is 10.5. The van der Waals surface area contributed by atoms with Crippen LogP contribution in [0.4, 0.5) is 0 Å². The van der Waals surface area contributed by atoms with Crippen molar-refractivity contribution in [2.24, 2.45) is 0 Å². The van der Waals surface area contributed by atoms with Crippen LogP contribution >= 0.6 is 11.8 Å². The molecule has 0 unspecified atom stereocenters. The van der Waals surface area contributed by atoms with Crippen LogP contribution in [0.1, 0.15) is 0 Å². The second-order valence-electron chi connectivity index (χ2n) is 8.53. The first-order chi connectivity index (χ1) is 16.3. The summed E-state index contributed by atoms with van der Waals surface area (Å²) < 4.78 is 2.46. The van der Waals surface area contributed by atoms with Gasteiger partial charge in [-0.2, -0.15) is 0 Å². The normalized spacial score (nSPS) is 11.9. The minimum atomic E-state index is 1.20. The van der Waals surface area contributed by atoms with Gasteiger partial charge in [0.1, 0.15) is 0 Å². The Labute approximate surface area is 196 Å². The molecule has 6 aromatic carbocycles. The third kappa shape index (κ3) is 2.62. The van der Waals surface area contributed by atoms with E-state index in [1.54, 1.807) is 11.8 Å². The summed E-state index contributed by atoms with van der Waals surface area (Å²) >= 11 is 1.78. The summed E-state index contributed by atoms with van der Waals surface area (Å²) in [7, 11) is 0. The van der Waals surface area contributed by atoms with Crippen molar-refractivity contribution in [3.05, 3.63) is 109 Å². The molecule has 1 nitrogen and oxygen atoms in total. The molecule has 2 heteroatoms. The molecule has 0 atom stereocenters. The van der Waals surface area contributed by atoms with Crippen LogP contribution in [0.25, 0.3) is 59.8 Å². The summed E-state index contributed by atoms with van der Waals surface area (Å²) in [5.74, 6) is 0. The first kappa shape index (κ1) is 18.8. The molecule has 0 fully saturated rings. The predicted molar refractivity (Wildman–Crippen MR) is 145 cm³/mol. The lowest BCUT2D eigenvalue weighted by molar-refractivity contribution is 1.18. The Bertz CT molecular complexity index is 1840. The molecule has 0 aliphatic heterocycles. The molecule has 156 valence electrons. The number of fused-ring (bicyclic) bond motifs is 10. The maximum atomic E-state index is 2.46. The van der Waals surface area contributed by atoms with Gasteiger partial charge in [-0.05, 0) is 58.1 Å². The second-order valence-corrected chi connectivity index (χ2v) is 9.41. The summed E-state index contributed by atoms with van der Waals surface area (Å²) in [6, 6.07) is 40.0. The third-order valence-corrected chi connectivity index (χ3v) is 7.60. The van der Waals surface area contributed by atoms with Gasteiger partial charge in [-0.25, -0.2) is 0 Å². The molecular weight excluding hydrogens is 418 g/mol. The highest BCUT2D eigenvalue weighted by atomic mass is 32.2. The van der Waals surface area contributed by atoms with Crippen LogP contribution in [0, 0.1) is 0 Å². The SMILES string of the molecule is CSc1ccc(-n2c3ccccc3c3c4c5ccccc5ccc4c4ccccc4c32)cc1. The van der Waals surface area contributed by atoms with Gasteiger partial charge in [-0.3, -0.25) is 0 Å². The van der Waals surface area contributed by atoms with E-state index in [0.29, 0.717) is 0 Å². The number of thioether (sulfide) groups is 1. The van der Waals surface area contributed by atoms with Crippen LogP contribution in [-0.2, 0) is 0 Å². The van der Waals surface area contributed by atoms with Gasteiger partial charge in [-0.15, -0.1) is 11.8 Å². The first-order valence-corrected chi connectivity index (χ1v) is 12.5. The Balaban J connectivity index is 1.82. The van der Waals surface area contributed by atoms with Crippen LogP contribution in [0.15, 0.2) is 114 Å². The molecule has 0 bridgehead atoms. The molecule has 0 amide bonds. The van der Waals surface area contributed by atoms with E-state index in [-0.39, 0.29) is 0 Å². The highest BCUT2D eigenvalue weighted by Crippen LogP contribution is 2.44. The van der Waals surface area contributed by atoms with Crippen molar-refractivity contribution in [1.29, 1.82) is 0 Å². The van der Waals surface area contributed by atoms with Crippen molar-refractivity contribution in [2.45, 2.75) is 4.90 Å². The zero-order valence-electron chi connectivity index (χ0n) is 18.2. The number of rotatable bonds is 2. The second kappa shape index (κ2) is 7.13. The number of hydrogen-bond donors (Lipinski definition) is 0. The molecule has 1 heterocycles. The quantitative estimate of drug-likeness (QED) is 0.192. The molecule has 0 spiro atoms. The maximum absolute atomic E-state index is 2.46. The standard InChI is InChI=1S/C31H21NS/c1-33-22-17-15-21(16-18-22)32-28-13-7-6-12-27(28)30-29-23-9-3-2-8-20(23)14-19-25(29)24-10-4-5-11-26(24)31(30)32/h2-19H,1H3. The number of nitrogens with zero attached hydrogens (tertiary/aromatic N) is 1. The molecule has 1 aromatic heterocycles. The predicted octanol–water partition coefficient (Wildman–Crippen LogP) is 8.97. The van der Waals surface area contributed by atoms with Gasteiger partial charge in [0.15, 0.2) is 0 Å². The van der Waals surface area contributed by atoms with Crippen molar-refractivity contribution >= 4 is 65.9 Å². The van der Waals surface area contributed by atoms with Crippen molar-refractivity contribution in [2.75, 3.05) is 6.26 Å². The molecule has 0 aliphatic rings. The lowest BCUT2D eigenvalue weighted by atomic mass is 9.93. The summed E-state index contributed by atoms with van der Waals surface area (Å²) in [6.07, 6.45) is 2.13. The van der Waals surface area contributed by atoms with E-state index in [9.17, 15) is 0 Å². The zero-order chi connectivity index (χ0) is 21.9. The first-order valence-electron chi connectivity index (χ1n) is 11.2. The number of para-hydroxylation sites is 1. The minimum absolute atomic E-state index is 1.20. The lowest BCUT2D eigenvalue weighted by Gasteiger charge is -2.14. The van der Waals surface area contributed by atoms with Gasteiger partial charge in [0.25, 0.3) is 0 Å². The van der Waals surface area contributed by atoms with E-state index in [1.807, 2.05) is 0 Å². The van der Waals surface area contributed by atoms with Crippen LogP contribution in [0.2, 0.25) is 0 Å². The van der Waals surface area contributed by atoms with Crippen molar-refractivity contribution in [3.8, 4) is 5.69 Å². The minimum Gasteiger partial charge on any atom is -0.309 e. The highest BCUT2D eigenvalue weighted by Gasteiger charge is 2.19. The fourth-order valence-electron chi connectivity index (χ4n) is 5.44. The monoisotopic (exact) mass is 439 g/mol. The van der Waals surface area contributed by atoms with Gasteiger partial charge in [-0.1, -0.05) is 78.9 Å². The summed E-state index contributed by atoms with van der Waals surface area (Å²) in [6.45, 7) is 0. The molecule has 0 aliphatic carbocycles.